The lowest BCUT2D eigenvalue weighted by atomic mass is 9.52. The Balaban J connectivity index is 1.89. The van der Waals surface area contributed by atoms with Crippen LogP contribution in [0, 0.1) is 29.1 Å². The number of fused-ring (bicyclic) bond motifs is 3. The second-order valence-electron chi connectivity index (χ2n) is 9.43. The van der Waals surface area contributed by atoms with Gasteiger partial charge in [-0.25, -0.2) is 0 Å². The van der Waals surface area contributed by atoms with Gasteiger partial charge in [0, 0.05) is 17.5 Å². The highest BCUT2D eigenvalue weighted by atomic mass is 16.5. The van der Waals surface area contributed by atoms with Gasteiger partial charge in [-0.15, -0.1) is 0 Å². The summed E-state index contributed by atoms with van der Waals surface area (Å²) in [6.07, 6.45) is 0.420. The van der Waals surface area contributed by atoms with Crippen molar-refractivity contribution in [3.05, 3.63) is 17.2 Å². The number of nitrogens with two attached hydrogens (primary N) is 1. The number of phenolic OH excluding ortho intramolecular Hbond substituents is 1. The van der Waals surface area contributed by atoms with Crippen LogP contribution in [0.5, 0.6) is 11.5 Å². The van der Waals surface area contributed by atoms with Crippen molar-refractivity contribution in [2.45, 2.75) is 24.5 Å². The molecule has 6 N–H and O–H groups in total. The average Bonchev–Trinajstić information content (AvgIpc) is 2.77. The molecule has 2 saturated carbocycles. The minimum absolute atomic E-state index is 0.0127. The average molecular weight is 486 g/mol. The number of aromatic hydroxyl groups is 1. The minimum atomic E-state index is -2.57. The van der Waals surface area contributed by atoms with E-state index in [1.807, 2.05) is 0 Å². The Morgan fingerprint density at radius 3 is 2.54 bits per heavy atom. The number of anilines is 1. The van der Waals surface area contributed by atoms with Gasteiger partial charge in [0.1, 0.15) is 17.4 Å². The summed E-state index contributed by atoms with van der Waals surface area (Å²) in [5.74, 6) is -9.02. The van der Waals surface area contributed by atoms with Gasteiger partial charge in [-0.1, -0.05) is 0 Å². The molecule has 0 saturated heterocycles. The Labute approximate surface area is 199 Å². The molecule has 1 aromatic carbocycles. The van der Waals surface area contributed by atoms with Gasteiger partial charge in [-0.3, -0.25) is 28.9 Å². The number of hydrogen-bond acceptors (Lipinski definition) is 10. The van der Waals surface area contributed by atoms with Crippen molar-refractivity contribution in [1.29, 1.82) is 5.41 Å². The van der Waals surface area contributed by atoms with Gasteiger partial charge in [0.2, 0.25) is 12.3 Å². The molecule has 3 aliphatic rings. The van der Waals surface area contributed by atoms with Gasteiger partial charge >= 0.3 is 0 Å². The normalized spacial score (nSPS) is 32.0. The number of ketones is 3. The molecule has 186 valence electrons. The van der Waals surface area contributed by atoms with Gasteiger partial charge in [0.05, 0.1) is 36.0 Å². The summed E-state index contributed by atoms with van der Waals surface area (Å²) in [5.41, 5.74) is 1.97. The van der Waals surface area contributed by atoms with Crippen LogP contribution in [0.25, 0.3) is 0 Å². The van der Waals surface area contributed by atoms with Crippen LogP contribution in [0.15, 0.2) is 6.07 Å². The number of likely N-dealkylation sites (N-methyl/N-ethyl adjacent to an activating group) is 1. The molecule has 0 bridgehead atoms. The van der Waals surface area contributed by atoms with E-state index in [9.17, 15) is 34.2 Å². The number of benzene rings is 1. The van der Waals surface area contributed by atoms with E-state index < -0.39 is 70.0 Å². The summed E-state index contributed by atoms with van der Waals surface area (Å²) in [6, 6.07) is 0.263. The van der Waals surface area contributed by atoms with E-state index in [1.165, 1.54) is 18.1 Å². The molecule has 6 unspecified atom stereocenters. The fraction of sp³-hybridized carbons (Fsp3) is 0.478. The van der Waals surface area contributed by atoms with Gasteiger partial charge in [0.15, 0.2) is 23.0 Å². The van der Waals surface area contributed by atoms with Crippen LogP contribution >= 0.6 is 0 Å². The van der Waals surface area contributed by atoms with E-state index in [0.29, 0.717) is 12.0 Å². The molecular formula is C23H26N4O8. The highest BCUT2D eigenvalue weighted by Gasteiger charge is 2.67. The van der Waals surface area contributed by atoms with E-state index in [2.05, 4.69) is 5.32 Å². The summed E-state index contributed by atoms with van der Waals surface area (Å²) >= 11 is 0. The van der Waals surface area contributed by atoms with E-state index in [1.54, 1.807) is 14.1 Å². The minimum Gasteiger partial charge on any atom is -0.505 e. The lowest BCUT2D eigenvalue weighted by Gasteiger charge is -2.53. The van der Waals surface area contributed by atoms with Gasteiger partial charge in [0.25, 0.3) is 0 Å². The first-order valence-corrected chi connectivity index (χ1v) is 10.9. The van der Waals surface area contributed by atoms with E-state index >= 15 is 0 Å². The predicted octanol–water partition coefficient (Wildman–Crippen LogP) is -1.11. The van der Waals surface area contributed by atoms with Crippen LogP contribution < -0.4 is 15.8 Å². The summed E-state index contributed by atoms with van der Waals surface area (Å²) < 4.78 is 5.37. The number of primary amides is 1. The van der Waals surface area contributed by atoms with Gasteiger partial charge < -0.3 is 31.4 Å². The van der Waals surface area contributed by atoms with Crippen LogP contribution in [0.2, 0.25) is 0 Å². The zero-order valence-corrected chi connectivity index (χ0v) is 19.3. The molecule has 35 heavy (non-hydrogen) atoms. The number of amides is 2. The third-order valence-electron chi connectivity index (χ3n) is 7.52. The molecule has 12 heteroatoms. The molecule has 0 spiro atoms. The first-order chi connectivity index (χ1) is 16.4. The molecule has 12 nitrogen and oxygen atoms in total. The number of nitrogens with one attached hydrogen (secondary N) is 2. The van der Waals surface area contributed by atoms with Gasteiger partial charge in [-0.05, 0) is 32.9 Å². The number of Topliss-reactive ketones (excluding diaryl/α,β-unsaturated/α-hetero) is 3. The maximum atomic E-state index is 13.8. The fourth-order valence-corrected chi connectivity index (χ4v) is 6.05. The van der Waals surface area contributed by atoms with Crippen molar-refractivity contribution in [2.24, 2.45) is 29.4 Å². The number of carbonyl (C=O) groups excluding carboxylic acids is 5. The van der Waals surface area contributed by atoms with Crippen LogP contribution in [0.1, 0.15) is 22.3 Å². The Morgan fingerprint density at radius 2 is 2.00 bits per heavy atom. The maximum absolute atomic E-state index is 13.8. The number of ether oxygens (including phenoxy) is 1. The number of rotatable bonds is 5. The monoisotopic (exact) mass is 486 g/mol. The third kappa shape index (κ3) is 3.20. The smallest absolute Gasteiger partial charge is 0.233 e. The second kappa shape index (κ2) is 8.24. The Bertz CT molecular complexity index is 1190. The fourth-order valence-electron chi connectivity index (χ4n) is 6.05. The SMILES string of the molecule is COc1cc(NC=O)c(O)c2c1CC1CC3C(N(C)C)C(=O)C(C(N)=O)C(=N)C3(O)C(=O)C1C2=O. The lowest BCUT2D eigenvalue weighted by Crippen LogP contribution is -2.73. The largest absolute Gasteiger partial charge is 0.505 e. The summed E-state index contributed by atoms with van der Waals surface area (Å²) in [7, 11) is 4.46. The van der Waals surface area contributed by atoms with Crippen molar-refractivity contribution in [3.8, 4) is 11.5 Å². The highest BCUT2D eigenvalue weighted by molar-refractivity contribution is 6.33. The van der Waals surface area contributed by atoms with E-state index in [-0.39, 0.29) is 29.8 Å². The van der Waals surface area contributed by atoms with Crippen molar-refractivity contribution in [1.82, 2.24) is 4.90 Å². The van der Waals surface area contributed by atoms with Crippen molar-refractivity contribution < 1.29 is 38.9 Å². The number of carbonyl (C=O) groups is 5. The van der Waals surface area contributed by atoms with Crippen LogP contribution in [-0.2, 0) is 25.6 Å². The maximum Gasteiger partial charge on any atom is 0.233 e. The van der Waals surface area contributed by atoms with Gasteiger partial charge in [-0.2, -0.15) is 0 Å². The molecule has 0 heterocycles. The lowest BCUT2D eigenvalue weighted by molar-refractivity contribution is -0.157. The van der Waals surface area contributed by atoms with E-state index in [0.717, 1.165) is 0 Å². The molecule has 3 aliphatic carbocycles. The molecule has 0 radical (unpaired) electrons. The molecule has 6 atom stereocenters. The topological polar surface area (TPSA) is 200 Å². The number of phenols is 1. The van der Waals surface area contributed by atoms with Crippen LogP contribution in [-0.4, -0.2) is 83.3 Å². The highest BCUT2D eigenvalue weighted by Crippen LogP contribution is 2.52. The summed E-state index contributed by atoms with van der Waals surface area (Å²) in [4.78, 5) is 65.0. The second-order valence-corrected chi connectivity index (χ2v) is 9.43. The van der Waals surface area contributed by atoms with Crippen molar-refractivity contribution in [2.75, 3.05) is 26.5 Å². The predicted molar refractivity (Wildman–Crippen MR) is 120 cm³/mol. The molecule has 0 aliphatic heterocycles. The standard InChI is InChI=1S/C23H26N4O8/c1-27(2)16-10-5-8-4-9-12(35-3)6-11(26-7-28)17(29)14(9)18(30)13(8)21(32)23(10,34)20(24)15(19(16)31)22(25)33/h6-8,10,13,15-16,24,29,34H,4-5H2,1-3H3,(H2,25,33)(H,26,28). The Kier molecular flexibility index (Phi) is 5.76. The van der Waals surface area contributed by atoms with E-state index in [4.69, 9.17) is 15.9 Å². The van der Waals surface area contributed by atoms with Crippen LogP contribution in [0.3, 0.4) is 0 Å². The first-order valence-electron chi connectivity index (χ1n) is 10.9. The number of nitrogens with zero attached hydrogens (tertiary/aromatic N) is 1. The van der Waals surface area contributed by atoms with Crippen molar-refractivity contribution in [3.63, 3.8) is 0 Å². The molecular weight excluding hydrogens is 460 g/mol. The first kappa shape index (κ1) is 24.5. The van der Waals surface area contributed by atoms with Crippen molar-refractivity contribution >= 4 is 41.1 Å². The molecule has 2 amide bonds. The molecule has 0 aromatic heterocycles. The zero-order valence-electron chi connectivity index (χ0n) is 19.3. The molecule has 1 aromatic rings. The molecule has 2 fully saturated rings. The summed E-state index contributed by atoms with van der Waals surface area (Å²) in [5, 5.41) is 33.1. The zero-order chi connectivity index (χ0) is 26.0. The number of hydrogen-bond donors (Lipinski definition) is 5. The Hall–Kier alpha value is -3.64. The number of aliphatic hydroxyl groups is 1. The Morgan fingerprint density at radius 1 is 1.34 bits per heavy atom. The third-order valence-corrected chi connectivity index (χ3v) is 7.52. The molecule has 4 rings (SSSR count). The quantitative estimate of drug-likeness (QED) is 0.194. The number of methoxy groups -OCH3 is 1. The van der Waals surface area contributed by atoms with Crippen LogP contribution in [0.4, 0.5) is 5.69 Å². The summed E-state index contributed by atoms with van der Waals surface area (Å²) in [6.45, 7) is 0.